The summed E-state index contributed by atoms with van der Waals surface area (Å²) < 4.78 is 12.1. The van der Waals surface area contributed by atoms with Gasteiger partial charge in [-0.2, -0.15) is 0 Å². The lowest BCUT2D eigenvalue weighted by Gasteiger charge is -2.17. The van der Waals surface area contributed by atoms with Crippen molar-refractivity contribution in [2.45, 2.75) is 32.9 Å². The van der Waals surface area contributed by atoms with Gasteiger partial charge in [0.1, 0.15) is 11.5 Å². The second kappa shape index (κ2) is 6.68. The highest BCUT2D eigenvalue weighted by molar-refractivity contribution is 5.91. The third-order valence-corrected chi connectivity index (χ3v) is 3.35. The molecule has 7 nitrogen and oxygen atoms in total. The van der Waals surface area contributed by atoms with Crippen LogP contribution < -0.4 is 14.8 Å². The van der Waals surface area contributed by atoms with Crippen LogP contribution in [0.2, 0.25) is 0 Å². The molecule has 0 atom stereocenters. The predicted molar refractivity (Wildman–Crippen MR) is 85.7 cm³/mol. The SMILES string of the molecule is COc1ccc(CNC(=O)c2cn(C(C)(C)C)nn2)c(OC)c1. The summed E-state index contributed by atoms with van der Waals surface area (Å²) in [7, 11) is 3.17. The maximum Gasteiger partial charge on any atom is 0.273 e. The standard InChI is InChI=1S/C16H22N4O3/c1-16(2,3)20-10-13(18-19-20)15(21)17-9-11-6-7-12(22-4)8-14(11)23-5/h6-8,10H,9H2,1-5H3,(H,17,21). The molecule has 124 valence electrons. The Morgan fingerprint density at radius 1 is 1.26 bits per heavy atom. The minimum absolute atomic E-state index is 0.218. The molecule has 0 fully saturated rings. The number of aromatic nitrogens is 3. The Balaban J connectivity index is 2.06. The topological polar surface area (TPSA) is 78.3 Å². The summed E-state index contributed by atoms with van der Waals surface area (Å²) in [6, 6.07) is 5.45. The van der Waals surface area contributed by atoms with Crippen molar-refractivity contribution in [2.24, 2.45) is 0 Å². The molecule has 0 aliphatic carbocycles. The van der Waals surface area contributed by atoms with Gasteiger partial charge in [0.15, 0.2) is 5.69 Å². The predicted octanol–water partition coefficient (Wildman–Crippen LogP) is 1.98. The summed E-state index contributed by atoms with van der Waals surface area (Å²) in [6.07, 6.45) is 1.64. The number of methoxy groups -OCH3 is 2. The number of benzene rings is 1. The molecule has 0 bridgehead atoms. The Bertz CT molecular complexity index is 689. The smallest absolute Gasteiger partial charge is 0.273 e. The maximum absolute atomic E-state index is 12.2. The minimum Gasteiger partial charge on any atom is -0.497 e. The van der Waals surface area contributed by atoms with Crippen LogP contribution in [-0.2, 0) is 12.1 Å². The second-order valence-corrected chi connectivity index (χ2v) is 6.08. The van der Waals surface area contributed by atoms with Gasteiger partial charge in [0.2, 0.25) is 0 Å². The van der Waals surface area contributed by atoms with Crippen LogP contribution in [0.4, 0.5) is 0 Å². The van der Waals surface area contributed by atoms with Crippen LogP contribution in [0.1, 0.15) is 36.8 Å². The quantitative estimate of drug-likeness (QED) is 0.912. The first-order chi connectivity index (χ1) is 10.8. The molecule has 1 amide bonds. The molecule has 0 saturated heterocycles. The molecule has 1 aromatic carbocycles. The molecule has 1 heterocycles. The average Bonchev–Trinajstić information content (AvgIpc) is 3.02. The molecular formula is C16H22N4O3. The average molecular weight is 318 g/mol. The number of carbonyl (C=O) groups excluding carboxylic acids is 1. The van der Waals surface area contributed by atoms with Crippen molar-refractivity contribution in [3.63, 3.8) is 0 Å². The number of ether oxygens (including phenoxy) is 2. The van der Waals surface area contributed by atoms with Gasteiger partial charge in [-0.15, -0.1) is 5.10 Å². The van der Waals surface area contributed by atoms with Crippen molar-refractivity contribution in [1.29, 1.82) is 0 Å². The molecule has 0 aliphatic heterocycles. The molecule has 0 radical (unpaired) electrons. The van der Waals surface area contributed by atoms with E-state index in [1.165, 1.54) is 0 Å². The number of amides is 1. The van der Waals surface area contributed by atoms with E-state index in [9.17, 15) is 4.79 Å². The molecule has 7 heteroatoms. The van der Waals surface area contributed by atoms with E-state index in [2.05, 4.69) is 15.6 Å². The Kier molecular flexibility index (Phi) is 4.88. The van der Waals surface area contributed by atoms with Gasteiger partial charge in [-0.05, 0) is 32.9 Å². The van der Waals surface area contributed by atoms with Crippen LogP contribution in [0.5, 0.6) is 11.5 Å². The van der Waals surface area contributed by atoms with Gasteiger partial charge in [-0.3, -0.25) is 4.79 Å². The van der Waals surface area contributed by atoms with Crippen molar-refractivity contribution in [3.05, 3.63) is 35.7 Å². The lowest BCUT2D eigenvalue weighted by Crippen LogP contribution is -2.24. The zero-order valence-electron chi connectivity index (χ0n) is 14.1. The van der Waals surface area contributed by atoms with Gasteiger partial charge < -0.3 is 14.8 Å². The second-order valence-electron chi connectivity index (χ2n) is 6.08. The maximum atomic E-state index is 12.2. The van der Waals surface area contributed by atoms with Gasteiger partial charge in [0.05, 0.1) is 26.0 Å². The summed E-state index contributed by atoms with van der Waals surface area (Å²) >= 11 is 0. The minimum atomic E-state index is -0.279. The summed E-state index contributed by atoms with van der Waals surface area (Å²) in [5.41, 5.74) is 0.919. The first-order valence-electron chi connectivity index (χ1n) is 7.27. The fourth-order valence-electron chi connectivity index (χ4n) is 1.96. The van der Waals surface area contributed by atoms with Crippen LogP contribution in [0.3, 0.4) is 0 Å². The van der Waals surface area contributed by atoms with Crippen LogP contribution in [-0.4, -0.2) is 35.1 Å². The normalized spacial score (nSPS) is 11.2. The van der Waals surface area contributed by atoms with E-state index < -0.39 is 0 Å². The molecule has 0 saturated carbocycles. The summed E-state index contributed by atoms with van der Waals surface area (Å²) in [6.45, 7) is 6.30. The van der Waals surface area contributed by atoms with Gasteiger partial charge in [-0.25, -0.2) is 4.68 Å². The van der Waals surface area contributed by atoms with Crippen LogP contribution in [0, 0.1) is 0 Å². The van der Waals surface area contributed by atoms with Crippen molar-refractivity contribution in [1.82, 2.24) is 20.3 Å². The monoisotopic (exact) mass is 318 g/mol. The van der Waals surface area contributed by atoms with Gasteiger partial charge in [0.25, 0.3) is 5.91 Å². The first-order valence-corrected chi connectivity index (χ1v) is 7.27. The molecular weight excluding hydrogens is 296 g/mol. The zero-order chi connectivity index (χ0) is 17.0. The van der Waals surface area contributed by atoms with Crippen molar-refractivity contribution >= 4 is 5.91 Å². The van der Waals surface area contributed by atoms with E-state index in [0.717, 1.165) is 5.56 Å². The number of rotatable bonds is 5. The number of hydrogen-bond donors (Lipinski definition) is 1. The molecule has 0 unspecified atom stereocenters. The summed E-state index contributed by atoms with van der Waals surface area (Å²) in [4.78, 5) is 12.2. The Hall–Kier alpha value is -2.57. The van der Waals surface area contributed by atoms with Crippen LogP contribution in [0.15, 0.2) is 24.4 Å². The number of nitrogens with one attached hydrogen (secondary N) is 1. The van der Waals surface area contributed by atoms with Crippen molar-refractivity contribution in [2.75, 3.05) is 14.2 Å². The highest BCUT2D eigenvalue weighted by atomic mass is 16.5. The van der Waals surface area contributed by atoms with Crippen molar-refractivity contribution < 1.29 is 14.3 Å². The molecule has 1 N–H and O–H groups in total. The van der Waals surface area contributed by atoms with E-state index in [1.807, 2.05) is 32.9 Å². The molecule has 23 heavy (non-hydrogen) atoms. The molecule has 2 rings (SSSR count). The number of hydrogen-bond acceptors (Lipinski definition) is 5. The van der Waals surface area contributed by atoms with Crippen molar-refractivity contribution in [3.8, 4) is 11.5 Å². The molecule has 1 aromatic heterocycles. The summed E-state index contributed by atoms with van der Waals surface area (Å²) in [5.74, 6) is 1.08. The molecule has 0 aliphatic rings. The molecule has 2 aromatic rings. The van der Waals surface area contributed by atoms with E-state index >= 15 is 0 Å². The van der Waals surface area contributed by atoms with E-state index in [0.29, 0.717) is 18.0 Å². The number of nitrogens with zero attached hydrogens (tertiary/aromatic N) is 3. The Labute approximate surface area is 135 Å². The Morgan fingerprint density at radius 3 is 2.57 bits per heavy atom. The fraction of sp³-hybridized carbons (Fsp3) is 0.438. The first kappa shape index (κ1) is 16.8. The van der Waals surface area contributed by atoms with Crippen LogP contribution in [0.25, 0.3) is 0 Å². The van der Waals surface area contributed by atoms with E-state index in [1.54, 1.807) is 31.2 Å². The van der Waals surface area contributed by atoms with Gasteiger partial charge >= 0.3 is 0 Å². The Morgan fingerprint density at radius 2 is 2.00 bits per heavy atom. The highest BCUT2D eigenvalue weighted by Crippen LogP contribution is 2.24. The van der Waals surface area contributed by atoms with E-state index in [-0.39, 0.29) is 17.1 Å². The highest BCUT2D eigenvalue weighted by Gasteiger charge is 2.18. The van der Waals surface area contributed by atoms with Gasteiger partial charge in [0, 0.05) is 18.2 Å². The lowest BCUT2D eigenvalue weighted by molar-refractivity contribution is 0.0945. The zero-order valence-corrected chi connectivity index (χ0v) is 14.1. The molecule has 0 spiro atoms. The fourth-order valence-corrected chi connectivity index (χ4v) is 1.96. The van der Waals surface area contributed by atoms with Crippen LogP contribution >= 0.6 is 0 Å². The third-order valence-electron chi connectivity index (χ3n) is 3.35. The largest absolute Gasteiger partial charge is 0.497 e. The number of carbonyl (C=O) groups is 1. The third kappa shape index (κ3) is 4.00. The summed E-state index contributed by atoms with van der Waals surface area (Å²) in [5, 5.41) is 10.7. The lowest BCUT2D eigenvalue weighted by atomic mass is 10.1. The van der Waals surface area contributed by atoms with E-state index in [4.69, 9.17) is 9.47 Å². The van der Waals surface area contributed by atoms with Gasteiger partial charge in [-0.1, -0.05) is 5.21 Å².